The summed E-state index contributed by atoms with van der Waals surface area (Å²) in [5.41, 5.74) is 6.34. The van der Waals surface area contributed by atoms with Gasteiger partial charge in [0, 0.05) is 30.6 Å². The van der Waals surface area contributed by atoms with Crippen molar-refractivity contribution in [3.63, 3.8) is 0 Å². The molecule has 7 nitrogen and oxygen atoms in total. The van der Waals surface area contributed by atoms with Gasteiger partial charge in [0.25, 0.3) is 0 Å². The summed E-state index contributed by atoms with van der Waals surface area (Å²) < 4.78 is 36.9. The average molecular weight is 485 g/mol. The van der Waals surface area contributed by atoms with Crippen molar-refractivity contribution in [1.29, 1.82) is 5.26 Å². The van der Waals surface area contributed by atoms with Crippen LogP contribution in [0.5, 0.6) is 5.75 Å². The first-order valence-corrected chi connectivity index (χ1v) is 11.4. The molecule has 2 aliphatic rings. The monoisotopic (exact) mass is 484 g/mol. The summed E-state index contributed by atoms with van der Waals surface area (Å²) in [6.07, 6.45) is 1.32. The molecule has 0 aliphatic carbocycles. The van der Waals surface area contributed by atoms with Crippen molar-refractivity contribution in [2.24, 2.45) is 0 Å². The van der Waals surface area contributed by atoms with Crippen molar-refractivity contribution < 1.29 is 13.5 Å². The quantitative estimate of drug-likeness (QED) is 0.420. The lowest BCUT2D eigenvalue weighted by Gasteiger charge is -2.35. The van der Waals surface area contributed by atoms with E-state index in [-0.39, 0.29) is 54.1 Å². The van der Waals surface area contributed by atoms with Gasteiger partial charge in [0.05, 0.1) is 26.7 Å². The van der Waals surface area contributed by atoms with Crippen LogP contribution in [0.1, 0.15) is 5.56 Å². The highest BCUT2D eigenvalue weighted by molar-refractivity contribution is 7.23. The van der Waals surface area contributed by atoms with E-state index in [1.807, 2.05) is 6.07 Å². The molecule has 0 spiro atoms. The maximum Gasteiger partial charge on any atom is 0.159 e. The van der Waals surface area contributed by atoms with Crippen molar-refractivity contribution in [2.45, 2.75) is 6.04 Å². The van der Waals surface area contributed by atoms with Crippen molar-refractivity contribution in [1.82, 2.24) is 15.3 Å². The number of nitriles is 1. The fraction of sp³-hybridized carbons (Fsp3) is 0.227. The molecule has 1 fully saturated rings. The van der Waals surface area contributed by atoms with Gasteiger partial charge in [0.1, 0.15) is 41.2 Å². The summed E-state index contributed by atoms with van der Waals surface area (Å²) in [5.74, 6) is -0.408. The van der Waals surface area contributed by atoms with E-state index < -0.39 is 11.6 Å². The van der Waals surface area contributed by atoms with Gasteiger partial charge in [0.15, 0.2) is 11.6 Å². The normalized spacial score (nSPS) is 17.5. The summed E-state index contributed by atoms with van der Waals surface area (Å²) in [5, 5.41) is 13.8. The molecule has 4 aromatic rings. The van der Waals surface area contributed by atoms with Crippen LogP contribution >= 0.6 is 22.9 Å². The van der Waals surface area contributed by atoms with Gasteiger partial charge in [-0.2, -0.15) is 5.26 Å². The molecule has 2 aromatic carbocycles. The first-order valence-electron chi connectivity index (χ1n) is 10.2. The van der Waals surface area contributed by atoms with Gasteiger partial charge in [-0.15, -0.1) is 11.3 Å². The van der Waals surface area contributed by atoms with Crippen LogP contribution in [0.4, 0.5) is 19.6 Å². The molecular weight excluding hydrogens is 470 g/mol. The number of rotatable bonds is 1. The zero-order valence-electron chi connectivity index (χ0n) is 17.0. The predicted octanol–water partition coefficient (Wildman–Crippen LogP) is 4.07. The van der Waals surface area contributed by atoms with Crippen LogP contribution in [0.25, 0.3) is 32.1 Å². The van der Waals surface area contributed by atoms with E-state index in [1.54, 1.807) is 0 Å². The lowest BCUT2D eigenvalue weighted by Crippen LogP contribution is -2.53. The molecule has 33 heavy (non-hydrogen) atoms. The number of nitrogens with one attached hydrogen (secondary N) is 1. The van der Waals surface area contributed by atoms with Crippen molar-refractivity contribution in [2.75, 3.05) is 36.9 Å². The fourth-order valence-corrected chi connectivity index (χ4v) is 5.94. The van der Waals surface area contributed by atoms with Gasteiger partial charge in [0.2, 0.25) is 0 Å². The molecule has 1 atom stereocenters. The Labute approximate surface area is 195 Å². The number of thiophene rings is 1. The molecule has 6 rings (SSSR count). The molecule has 0 radical (unpaired) electrons. The van der Waals surface area contributed by atoms with Crippen molar-refractivity contribution >= 4 is 54.7 Å². The molecule has 0 bridgehead atoms. The second-order valence-corrected chi connectivity index (χ2v) is 9.30. The Morgan fingerprint density at radius 2 is 2.15 bits per heavy atom. The molecule has 2 aromatic heterocycles. The number of nitrogen functional groups attached to an aromatic ring is 1. The number of halogens is 3. The van der Waals surface area contributed by atoms with Crippen molar-refractivity contribution in [3.8, 4) is 22.9 Å². The number of hydrogen-bond donors (Lipinski definition) is 2. The molecule has 0 amide bonds. The highest BCUT2D eigenvalue weighted by Crippen LogP contribution is 2.50. The number of anilines is 2. The third kappa shape index (κ3) is 2.80. The minimum absolute atomic E-state index is 0.00813. The second-order valence-electron chi connectivity index (χ2n) is 7.87. The van der Waals surface area contributed by atoms with E-state index in [4.69, 9.17) is 22.1 Å². The Bertz CT molecular complexity index is 1520. The molecule has 3 N–H and O–H groups in total. The minimum atomic E-state index is -0.693. The van der Waals surface area contributed by atoms with E-state index in [9.17, 15) is 9.65 Å². The maximum absolute atomic E-state index is 16.1. The van der Waals surface area contributed by atoms with Crippen LogP contribution in [-0.2, 0) is 0 Å². The van der Waals surface area contributed by atoms with E-state index >= 15 is 4.39 Å². The molecule has 0 unspecified atom stereocenters. The number of fused-ring (bicyclic) bond motifs is 3. The number of aromatic nitrogens is 2. The summed E-state index contributed by atoms with van der Waals surface area (Å²) in [6.45, 7) is 2.44. The highest BCUT2D eigenvalue weighted by Gasteiger charge is 2.34. The van der Waals surface area contributed by atoms with Gasteiger partial charge < -0.3 is 20.7 Å². The minimum Gasteiger partial charge on any atom is -0.489 e. The molecule has 4 heterocycles. The standard InChI is InChI=1S/C22H15ClF2N6OS/c23-16-14(10-1-2-12(24)20-13(10)11(5-26)21(27)33-20)17(25)18-15-19(16)32-7-9-6-28-3-4-31(9)22(15)30-8-29-18/h1-2,8-9,28H,3-4,6-7,27H2/t9-/m0/s1. The van der Waals surface area contributed by atoms with Gasteiger partial charge >= 0.3 is 0 Å². The summed E-state index contributed by atoms with van der Waals surface area (Å²) in [6, 6.07) is 4.61. The zero-order chi connectivity index (χ0) is 22.9. The maximum atomic E-state index is 16.1. The topological polar surface area (TPSA) is 100 Å². The summed E-state index contributed by atoms with van der Waals surface area (Å²) in [4.78, 5) is 10.7. The van der Waals surface area contributed by atoms with Crippen LogP contribution in [0.2, 0.25) is 5.02 Å². The Hall–Kier alpha value is -3.26. The van der Waals surface area contributed by atoms with E-state index in [2.05, 4.69) is 20.2 Å². The first-order chi connectivity index (χ1) is 16.0. The van der Waals surface area contributed by atoms with Crippen LogP contribution < -0.4 is 20.7 Å². The third-order valence-electron chi connectivity index (χ3n) is 6.14. The van der Waals surface area contributed by atoms with Crippen LogP contribution in [-0.4, -0.2) is 42.3 Å². The lowest BCUT2D eigenvalue weighted by atomic mass is 9.96. The van der Waals surface area contributed by atoms with Crippen LogP contribution in [0.3, 0.4) is 0 Å². The SMILES string of the molecule is N#Cc1c(N)sc2c(F)ccc(-c3c(Cl)c4c5c(ncnc5c3F)N3CCNC[C@H]3CO4)c12. The van der Waals surface area contributed by atoms with Crippen LogP contribution in [0, 0.1) is 23.0 Å². The summed E-state index contributed by atoms with van der Waals surface area (Å²) >= 11 is 7.73. The molecule has 1 saturated heterocycles. The average Bonchev–Trinajstić information content (AvgIpc) is 3.07. The largest absolute Gasteiger partial charge is 0.489 e. The number of hydrogen-bond acceptors (Lipinski definition) is 8. The zero-order valence-corrected chi connectivity index (χ0v) is 18.5. The highest BCUT2D eigenvalue weighted by atomic mass is 35.5. The Morgan fingerprint density at radius 1 is 1.30 bits per heavy atom. The van der Waals surface area contributed by atoms with Gasteiger partial charge in [-0.3, -0.25) is 0 Å². The molecule has 166 valence electrons. The van der Waals surface area contributed by atoms with E-state index in [0.717, 1.165) is 17.9 Å². The second kappa shape index (κ2) is 7.38. The van der Waals surface area contributed by atoms with Gasteiger partial charge in [-0.05, 0) is 11.6 Å². The molecule has 0 saturated carbocycles. The number of nitrogens with two attached hydrogens (primary N) is 1. The third-order valence-corrected chi connectivity index (χ3v) is 7.53. The van der Waals surface area contributed by atoms with E-state index in [1.165, 1.54) is 18.5 Å². The predicted molar refractivity (Wildman–Crippen MR) is 124 cm³/mol. The number of piperazine rings is 1. The van der Waals surface area contributed by atoms with Gasteiger partial charge in [-0.25, -0.2) is 18.7 Å². The number of ether oxygens (including phenoxy) is 1. The van der Waals surface area contributed by atoms with E-state index in [0.29, 0.717) is 30.9 Å². The Kier molecular flexibility index (Phi) is 4.55. The molecule has 2 aliphatic heterocycles. The lowest BCUT2D eigenvalue weighted by molar-refractivity contribution is 0.274. The first kappa shape index (κ1) is 20.4. The van der Waals surface area contributed by atoms with Crippen molar-refractivity contribution in [3.05, 3.63) is 40.7 Å². The molecule has 11 heteroatoms. The van der Waals surface area contributed by atoms with Gasteiger partial charge in [-0.1, -0.05) is 17.7 Å². The smallest absolute Gasteiger partial charge is 0.159 e. The summed E-state index contributed by atoms with van der Waals surface area (Å²) in [7, 11) is 0. The Morgan fingerprint density at radius 3 is 2.97 bits per heavy atom. The van der Waals surface area contributed by atoms with Crippen LogP contribution in [0.15, 0.2) is 18.5 Å². The Balaban J connectivity index is 1.71. The number of nitrogens with zero attached hydrogens (tertiary/aromatic N) is 4. The molecular formula is C22H15ClF2N6OS. The number of benzene rings is 2. The fourth-order valence-electron chi connectivity index (χ4n) is 4.66.